The summed E-state index contributed by atoms with van der Waals surface area (Å²) in [6, 6.07) is 7.02. The van der Waals surface area contributed by atoms with Gasteiger partial charge in [0.05, 0.1) is 5.92 Å². The van der Waals surface area contributed by atoms with Crippen molar-refractivity contribution < 1.29 is 14.3 Å². The molecule has 5 nitrogen and oxygen atoms in total. The fourth-order valence-electron chi connectivity index (χ4n) is 2.43. The highest BCUT2D eigenvalue weighted by Gasteiger charge is 2.32. The summed E-state index contributed by atoms with van der Waals surface area (Å²) in [5.41, 5.74) is 1.02. The molecule has 1 N–H and O–H groups in total. The third-order valence-electron chi connectivity index (χ3n) is 3.49. The highest BCUT2D eigenvalue weighted by Crippen LogP contribution is 2.25. The Bertz CT molecular complexity index is 734. The van der Waals surface area contributed by atoms with Gasteiger partial charge >= 0.3 is 11.6 Å². The lowest BCUT2D eigenvalue weighted by Crippen LogP contribution is -2.49. The molecule has 0 spiro atoms. The quantitative estimate of drug-likeness (QED) is 0.868. The van der Waals surface area contributed by atoms with Crippen molar-refractivity contribution in [2.24, 2.45) is 5.92 Å². The van der Waals surface area contributed by atoms with Crippen LogP contribution >= 0.6 is 15.9 Å². The molecule has 0 amide bonds. The Balaban J connectivity index is 1.88. The molecule has 0 radical (unpaired) electrons. The fraction of sp³-hybridized carbons (Fsp3) is 0.286. The van der Waals surface area contributed by atoms with E-state index >= 15 is 0 Å². The second-order valence-corrected chi connectivity index (χ2v) is 5.88. The molecule has 1 saturated heterocycles. The molecular formula is C14H12BrNO4. The van der Waals surface area contributed by atoms with Crippen LogP contribution in [0.1, 0.15) is 5.56 Å². The van der Waals surface area contributed by atoms with Gasteiger partial charge in [0.2, 0.25) is 0 Å². The molecule has 2 heterocycles. The van der Waals surface area contributed by atoms with Gasteiger partial charge in [-0.2, -0.15) is 0 Å². The molecule has 1 aromatic carbocycles. The zero-order chi connectivity index (χ0) is 14.3. The van der Waals surface area contributed by atoms with Crippen LogP contribution in [0.4, 0.5) is 0 Å². The Labute approximate surface area is 122 Å². The average molecular weight is 338 g/mol. The zero-order valence-electron chi connectivity index (χ0n) is 10.5. The van der Waals surface area contributed by atoms with E-state index in [0.29, 0.717) is 25.2 Å². The molecule has 1 aliphatic heterocycles. The molecule has 1 fully saturated rings. The number of aliphatic carboxylic acids is 1. The van der Waals surface area contributed by atoms with Crippen molar-refractivity contribution >= 4 is 32.9 Å². The number of fused-ring (bicyclic) bond motifs is 1. The summed E-state index contributed by atoms with van der Waals surface area (Å²) >= 11 is 3.34. The molecule has 6 heteroatoms. The van der Waals surface area contributed by atoms with E-state index in [0.717, 1.165) is 15.4 Å². The van der Waals surface area contributed by atoms with Crippen LogP contribution in [-0.2, 0) is 11.3 Å². The molecule has 0 atom stereocenters. The van der Waals surface area contributed by atoms with Crippen molar-refractivity contribution in [3.63, 3.8) is 0 Å². The highest BCUT2D eigenvalue weighted by molar-refractivity contribution is 9.10. The lowest BCUT2D eigenvalue weighted by molar-refractivity contribution is -0.147. The minimum atomic E-state index is -0.761. The number of likely N-dealkylation sites (tertiary alicyclic amines) is 1. The van der Waals surface area contributed by atoms with Gasteiger partial charge in [0, 0.05) is 35.6 Å². The van der Waals surface area contributed by atoms with Crippen LogP contribution in [-0.4, -0.2) is 29.1 Å². The largest absolute Gasteiger partial charge is 0.481 e. The maximum atomic E-state index is 11.6. The van der Waals surface area contributed by atoms with E-state index in [1.54, 1.807) is 6.07 Å². The summed E-state index contributed by atoms with van der Waals surface area (Å²) in [5, 5.41) is 9.75. The first-order chi connectivity index (χ1) is 9.52. The first kappa shape index (κ1) is 13.3. The Morgan fingerprint density at radius 1 is 1.40 bits per heavy atom. The molecule has 1 aromatic heterocycles. The van der Waals surface area contributed by atoms with Crippen molar-refractivity contribution in [1.29, 1.82) is 0 Å². The van der Waals surface area contributed by atoms with Crippen LogP contribution in [0.5, 0.6) is 0 Å². The number of hydrogen-bond acceptors (Lipinski definition) is 4. The first-order valence-electron chi connectivity index (χ1n) is 6.20. The van der Waals surface area contributed by atoms with E-state index in [1.165, 1.54) is 6.07 Å². The van der Waals surface area contributed by atoms with Gasteiger partial charge in [-0.15, -0.1) is 0 Å². The van der Waals surface area contributed by atoms with Crippen LogP contribution in [0.15, 0.2) is 37.9 Å². The minimum absolute atomic E-state index is 0.296. The molecule has 1 aliphatic rings. The van der Waals surface area contributed by atoms with Gasteiger partial charge < -0.3 is 9.52 Å². The SMILES string of the molecule is O=C(O)C1CN(Cc2cc(=O)oc3cc(Br)ccc23)C1. The topological polar surface area (TPSA) is 70.8 Å². The van der Waals surface area contributed by atoms with Gasteiger partial charge in [0.25, 0.3) is 0 Å². The number of benzene rings is 1. The van der Waals surface area contributed by atoms with Crippen molar-refractivity contribution in [3.05, 3.63) is 44.7 Å². The van der Waals surface area contributed by atoms with Crippen LogP contribution in [0.25, 0.3) is 11.0 Å². The lowest BCUT2D eigenvalue weighted by atomic mass is 9.99. The number of carboxylic acid groups (broad SMARTS) is 1. The Morgan fingerprint density at radius 2 is 2.15 bits per heavy atom. The molecule has 20 heavy (non-hydrogen) atoms. The monoisotopic (exact) mass is 337 g/mol. The minimum Gasteiger partial charge on any atom is -0.481 e. The van der Waals surface area contributed by atoms with Gasteiger partial charge in [-0.05, 0) is 23.8 Å². The third kappa shape index (κ3) is 2.48. The molecule has 0 unspecified atom stereocenters. The van der Waals surface area contributed by atoms with Crippen molar-refractivity contribution in [2.75, 3.05) is 13.1 Å². The molecule has 104 valence electrons. The fourth-order valence-corrected chi connectivity index (χ4v) is 2.77. The number of carboxylic acids is 1. The first-order valence-corrected chi connectivity index (χ1v) is 6.99. The molecule has 3 rings (SSSR count). The Kier molecular flexibility index (Phi) is 3.35. The number of rotatable bonds is 3. The van der Waals surface area contributed by atoms with E-state index in [1.807, 2.05) is 17.0 Å². The van der Waals surface area contributed by atoms with Gasteiger partial charge in [-0.3, -0.25) is 9.69 Å². The Morgan fingerprint density at radius 3 is 2.85 bits per heavy atom. The smallest absolute Gasteiger partial charge is 0.336 e. The van der Waals surface area contributed by atoms with Crippen LogP contribution in [0, 0.1) is 5.92 Å². The predicted octanol–water partition coefficient (Wildman–Crippen LogP) is 2.07. The second kappa shape index (κ2) is 5.03. The molecule has 0 aliphatic carbocycles. The number of carbonyl (C=O) groups is 1. The van der Waals surface area contributed by atoms with Gasteiger partial charge in [0.15, 0.2) is 0 Å². The van der Waals surface area contributed by atoms with Crippen LogP contribution in [0.2, 0.25) is 0 Å². The van der Waals surface area contributed by atoms with Crippen molar-refractivity contribution in [1.82, 2.24) is 4.90 Å². The predicted molar refractivity (Wildman–Crippen MR) is 76.6 cm³/mol. The van der Waals surface area contributed by atoms with E-state index < -0.39 is 5.97 Å². The van der Waals surface area contributed by atoms with Gasteiger partial charge in [-0.1, -0.05) is 15.9 Å². The second-order valence-electron chi connectivity index (χ2n) is 4.96. The molecule has 0 bridgehead atoms. The molecule has 2 aromatic rings. The Hall–Kier alpha value is -1.66. The maximum Gasteiger partial charge on any atom is 0.336 e. The number of halogens is 1. The normalized spacial score (nSPS) is 16.2. The maximum absolute atomic E-state index is 11.6. The number of nitrogens with zero attached hydrogens (tertiary/aromatic N) is 1. The summed E-state index contributed by atoms with van der Waals surface area (Å²) in [4.78, 5) is 24.4. The van der Waals surface area contributed by atoms with Gasteiger partial charge in [0.1, 0.15) is 5.58 Å². The average Bonchev–Trinajstić information content (AvgIpc) is 2.31. The number of hydrogen-bond donors (Lipinski definition) is 1. The molecular weight excluding hydrogens is 326 g/mol. The lowest BCUT2D eigenvalue weighted by Gasteiger charge is -2.36. The van der Waals surface area contributed by atoms with Crippen molar-refractivity contribution in [3.8, 4) is 0 Å². The zero-order valence-corrected chi connectivity index (χ0v) is 12.1. The van der Waals surface area contributed by atoms with E-state index in [-0.39, 0.29) is 11.5 Å². The van der Waals surface area contributed by atoms with E-state index in [9.17, 15) is 9.59 Å². The van der Waals surface area contributed by atoms with E-state index in [4.69, 9.17) is 9.52 Å². The summed E-state index contributed by atoms with van der Waals surface area (Å²) in [7, 11) is 0. The van der Waals surface area contributed by atoms with Crippen LogP contribution in [0.3, 0.4) is 0 Å². The molecule has 0 saturated carbocycles. The highest BCUT2D eigenvalue weighted by atomic mass is 79.9. The van der Waals surface area contributed by atoms with Crippen LogP contribution < -0.4 is 5.63 Å². The summed E-state index contributed by atoms with van der Waals surface area (Å²) in [5.74, 6) is -1.06. The summed E-state index contributed by atoms with van der Waals surface area (Å²) in [6.07, 6.45) is 0. The summed E-state index contributed by atoms with van der Waals surface area (Å²) in [6.45, 7) is 1.61. The third-order valence-corrected chi connectivity index (χ3v) is 3.99. The van der Waals surface area contributed by atoms with Crippen molar-refractivity contribution in [2.45, 2.75) is 6.54 Å². The van der Waals surface area contributed by atoms with Gasteiger partial charge in [-0.25, -0.2) is 4.79 Å². The summed E-state index contributed by atoms with van der Waals surface area (Å²) < 4.78 is 6.02. The standard InChI is InChI=1S/C14H12BrNO4/c15-10-1-2-11-8(3-13(17)20-12(11)4-10)5-16-6-9(7-16)14(18)19/h1-4,9H,5-7H2,(H,18,19). The van der Waals surface area contributed by atoms with E-state index in [2.05, 4.69) is 15.9 Å².